The van der Waals surface area contributed by atoms with Crippen molar-refractivity contribution < 1.29 is 9.53 Å². The number of amides is 1. The van der Waals surface area contributed by atoms with Crippen molar-refractivity contribution in [3.63, 3.8) is 0 Å². The summed E-state index contributed by atoms with van der Waals surface area (Å²) in [5.41, 5.74) is 2.52. The van der Waals surface area contributed by atoms with Crippen LogP contribution in [-0.4, -0.2) is 27.6 Å². The summed E-state index contributed by atoms with van der Waals surface area (Å²) in [4.78, 5) is 14.4. The Morgan fingerprint density at radius 3 is 2.38 bits per heavy atom. The van der Waals surface area contributed by atoms with Crippen molar-refractivity contribution in [2.45, 2.75) is 26.9 Å². The lowest BCUT2D eigenvalue weighted by atomic mass is 10.2. The van der Waals surface area contributed by atoms with Crippen molar-refractivity contribution in [3.05, 3.63) is 77.6 Å². The van der Waals surface area contributed by atoms with Crippen molar-refractivity contribution in [3.8, 4) is 11.5 Å². The first-order chi connectivity index (χ1) is 12.6. The van der Waals surface area contributed by atoms with E-state index in [1.165, 1.54) is 0 Å². The highest BCUT2D eigenvalue weighted by atomic mass is 16.5. The molecule has 0 fully saturated rings. The number of nitrogens with zero attached hydrogens (tertiary/aromatic N) is 3. The van der Waals surface area contributed by atoms with Gasteiger partial charge in [0, 0.05) is 20.1 Å². The van der Waals surface area contributed by atoms with Crippen LogP contribution in [0.2, 0.25) is 0 Å². The van der Waals surface area contributed by atoms with Crippen LogP contribution in [-0.2, 0) is 13.1 Å². The van der Waals surface area contributed by atoms with Gasteiger partial charge in [0.15, 0.2) is 0 Å². The lowest BCUT2D eigenvalue weighted by molar-refractivity contribution is 0.0773. The van der Waals surface area contributed by atoms with Crippen LogP contribution in [0.5, 0.6) is 11.5 Å². The maximum atomic E-state index is 12.7. The zero-order chi connectivity index (χ0) is 18.5. The Kier molecular flexibility index (Phi) is 5.37. The Morgan fingerprint density at radius 1 is 1.08 bits per heavy atom. The van der Waals surface area contributed by atoms with Gasteiger partial charge in [-0.05, 0) is 49.7 Å². The predicted octanol–water partition coefficient (Wildman–Crippen LogP) is 4.28. The van der Waals surface area contributed by atoms with E-state index < -0.39 is 0 Å². The number of hydrogen-bond donors (Lipinski definition) is 0. The standard InChI is InChI=1S/C21H23N3O2/c1-4-24-20(14-16(2)22-24)21(25)23(3)15-17-10-12-19(13-11-17)26-18-8-6-5-7-9-18/h5-14H,4,15H2,1-3H3. The Morgan fingerprint density at radius 2 is 1.73 bits per heavy atom. The molecule has 0 atom stereocenters. The molecule has 1 heterocycles. The third kappa shape index (κ3) is 4.11. The molecule has 0 spiro atoms. The molecule has 1 amide bonds. The van der Waals surface area contributed by atoms with Crippen molar-refractivity contribution in [1.82, 2.24) is 14.7 Å². The largest absolute Gasteiger partial charge is 0.457 e. The third-order valence-electron chi connectivity index (χ3n) is 4.09. The van der Waals surface area contributed by atoms with E-state index in [9.17, 15) is 4.79 Å². The summed E-state index contributed by atoms with van der Waals surface area (Å²) >= 11 is 0. The number of para-hydroxylation sites is 1. The van der Waals surface area contributed by atoms with Crippen LogP contribution in [0.25, 0.3) is 0 Å². The molecule has 0 unspecified atom stereocenters. The quantitative estimate of drug-likeness (QED) is 0.667. The second-order valence-corrected chi connectivity index (χ2v) is 6.21. The first-order valence-electron chi connectivity index (χ1n) is 8.68. The summed E-state index contributed by atoms with van der Waals surface area (Å²) in [6, 6.07) is 19.3. The fraction of sp³-hybridized carbons (Fsp3) is 0.238. The van der Waals surface area contributed by atoms with Crippen LogP contribution >= 0.6 is 0 Å². The molecule has 134 valence electrons. The van der Waals surface area contributed by atoms with E-state index in [4.69, 9.17) is 4.74 Å². The molecular weight excluding hydrogens is 326 g/mol. The van der Waals surface area contributed by atoms with Gasteiger partial charge in [-0.15, -0.1) is 0 Å². The summed E-state index contributed by atoms with van der Waals surface area (Å²) in [5, 5.41) is 4.34. The summed E-state index contributed by atoms with van der Waals surface area (Å²) < 4.78 is 7.54. The first kappa shape index (κ1) is 17.7. The van der Waals surface area contributed by atoms with Gasteiger partial charge in [0.2, 0.25) is 0 Å². The molecule has 0 aliphatic carbocycles. The van der Waals surface area contributed by atoms with Gasteiger partial charge in [0.1, 0.15) is 17.2 Å². The Balaban J connectivity index is 1.65. The molecule has 2 aromatic carbocycles. The molecule has 0 saturated carbocycles. The molecule has 0 radical (unpaired) electrons. The smallest absolute Gasteiger partial charge is 0.272 e. The highest BCUT2D eigenvalue weighted by molar-refractivity contribution is 5.92. The number of carbonyl (C=O) groups excluding carboxylic acids is 1. The van der Waals surface area contributed by atoms with Gasteiger partial charge in [-0.1, -0.05) is 30.3 Å². The molecule has 0 aliphatic heterocycles. The number of hydrogen-bond acceptors (Lipinski definition) is 3. The van der Waals surface area contributed by atoms with E-state index in [0.29, 0.717) is 18.8 Å². The van der Waals surface area contributed by atoms with Crippen molar-refractivity contribution in [2.75, 3.05) is 7.05 Å². The van der Waals surface area contributed by atoms with Gasteiger partial charge >= 0.3 is 0 Å². The Labute approximate surface area is 153 Å². The van der Waals surface area contributed by atoms with Crippen LogP contribution < -0.4 is 4.74 Å². The number of ether oxygens (including phenoxy) is 1. The first-order valence-corrected chi connectivity index (χ1v) is 8.68. The zero-order valence-electron chi connectivity index (χ0n) is 15.3. The minimum absolute atomic E-state index is 0.0305. The SMILES string of the molecule is CCn1nc(C)cc1C(=O)N(C)Cc1ccc(Oc2ccccc2)cc1. The van der Waals surface area contributed by atoms with Crippen molar-refractivity contribution in [1.29, 1.82) is 0 Å². The zero-order valence-corrected chi connectivity index (χ0v) is 15.3. The summed E-state index contributed by atoms with van der Waals surface area (Å²) in [6.07, 6.45) is 0. The van der Waals surface area contributed by atoms with E-state index in [1.54, 1.807) is 16.6 Å². The minimum atomic E-state index is -0.0305. The summed E-state index contributed by atoms with van der Waals surface area (Å²) in [5.74, 6) is 1.54. The average Bonchev–Trinajstić information content (AvgIpc) is 3.04. The number of rotatable bonds is 6. The van der Waals surface area contributed by atoms with Crippen LogP contribution in [0.3, 0.4) is 0 Å². The molecule has 0 N–H and O–H groups in total. The highest BCUT2D eigenvalue weighted by Crippen LogP contribution is 2.21. The monoisotopic (exact) mass is 349 g/mol. The average molecular weight is 349 g/mol. The number of aryl methyl sites for hydroxylation is 2. The highest BCUT2D eigenvalue weighted by Gasteiger charge is 2.17. The van der Waals surface area contributed by atoms with Crippen LogP contribution in [0, 0.1) is 6.92 Å². The number of carbonyl (C=O) groups is 1. The molecule has 1 aromatic heterocycles. The maximum absolute atomic E-state index is 12.7. The predicted molar refractivity (Wildman–Crippen MR) is 101 cm³/mol. The second-order valence-electron chi connectivity index (χ2n) is 6.21. The molecular formula is C21H23N3O2. The topological polar surface area (TPSA) is 47.4 Å². The molecule has 0 saturated heterocycles. The van der Waals surface area contributed by atoms with E-state index >= 15 is 0 Å². The van der Waals surface area contributed by atoms with Gasteiger partial charge in [-0.3, -0.25) is 9.48 Å². The molecule has 5 heteroatoms. The number of aromatic nitrogens is 2. The lowest BCUT2D eigenvalue weighted by Crippen LogP contribution is -2.28. The summed E-state index contributed by atoms with van der Waals surface area (Å²) in [6.45, 7) is 5.08. The Hall–Kier alpha value is -3.08. The van der Waals surface area contributed by atoms with Gasteiger partial charge in [-0.2, -0.15) is 5.10 Å². The molecule has 3 rings (SSSR count). The minimum Gasteiger partial charge on any atom is -0.457 e. The van der Waals surface area contributed by atoms with Gasteiger partial charge in [-0.25, -0.2) is 0 Å². The van der Waals surface area contributed by atoms with Gasteiger partial charge in [0.25, 0.3) is 5.91 Å². The van der Waals surface area contributed by atoms with E-state index in [1.807, 2.05) is 74.5 Å². The third-order valence-corrected chi connectivity index (χ3v) is 4.09. The fourth-order valence-electron chi connectivity index (χ4n) is 2.79. The van der Waals surface area contributed by atoms with E-state index in [-0.39, 0.29) is 5.91 Å². The normalized spacial score (nSPS) is 10.6. The molecule has 26 heavy (non-hydrogen) atoms. The molecule has 5 nitrogen and oxygen atoms in total. The maximum Gasteiger partial charge on any atom is 0.272 e. The fourth-order valence-corrected chi connectivity index (χ4v) is 2.79. The van der Waals surface area contributed by atoms with Gasteiger partial charge < -0.3 is 9.64 Å². The molecule has 3 aromatic rings. The molecule has 0 bridgehead atoms. The Bertz CT molecular complexity index is 870. The number of benzene rings is 2. The van der Waals surface area contributed by atoms with E-state index in [2.05, 4.69) is 5.10 Å². The van der Waals surface area contributed by atoms with E-state index in [0.717, 1.165) is 22.8 Å². The van der Waals surface area contributed by atoms with Crippen LogP contribution in [0.4, 0.5) is 0 Å². The molecule has 0 aliphatic rings. The second kappa shape index (κ2) is 7.87. The van der Waals surface area contributed by atoms with Crippen LogP contribution in [0.1, 0.15) is 28.7 Å². The van der Waals surface area contributed by atoms with Gasteiger partial charge in [0.05, 0.1) is 5.69 Å². The van der Waals surface area contributed by atoms with Crippen molar-refractivity contribution >= 4 is 5.91 Å². The lowest BCUT2D eigenvalue weighted by Gasteiger charge is -2.18. The van der Waals surface area contributed by atoms with Crippen molar-refractivity contribution in [2.24, 2.45) is 0 Å². The summed E-state index contributed by atoms with van der Waals surface area (Å²) in [7, 11) is 1.80. The van der Waals surface area contributed by atoms with Crippen LogP contribution in [0.15, 0.2) is 60.7 Å².